The number of methoxy groups -OCH3 is 1. The minimum atomic E-state index is -0.602. The van der Waals surface area contributed by atoms with Crippen LogP contribution >= 0.6 is 0 Å². The second-order valence-electron chi connectivity index (χ2n) is 4.93. The maximum Gasteiger partial charge on any atom is 0.239 e. The molecule has 0 fully saturated rings. The molecule has 3 atom stereocenters. The molecule has 3 unspecified atom stereocenters. The summed E-state index contributed by atoms with van der Waals surface area (Å²) in [6, 6.07) is 7.70. The molecular weight excluding hydrogens is 228 g/mol. The average molecular weight is 248 g/mol. The van der Waals surface area contributed by atoms with E-state index in [1.807, 2.05) is 12.1 Å². The van der Waals surface area contributed by atoms with Crippen molar-refractivity contribution in [2.75, 3.05) is 13.7 Å². The Labute approximate surface area is 108 Å². The Bertz CT molecular complexity index is 434. The van der Waals surface area contributed by atoms with Crippen molar-refractivity contribution in [1.29, 1.82) is 0 Å². The quantitative estimate of drug-likeness (QED) is 0.836. The zero-order valence-corrected chi connectivity index (χ0v) is 10.8. The second kappa shape index (κ2) is 5.50. The van der Waals surface area contributed by atoms with E-state index in [0.717, 1.165) is 6.42 Å². The molecule has 2 rings (SSSR count). The van der Waals surface area contributed by atoms with E-state index < -0.39 is 6.04 Å². The fourth-order valence-corrected chi connectivity index (χ4v) is 2.53. The van der Waals surface area contributed by atoms with Gasteiger partial charge in [0.2, 0.25) is 5.91 Å². The number of carbonyl (C=O) groups is 1. The summed E-state index contributed by atoms with van der Waals surface area (Å²) in [6.07, 6.45) is 1.00. The highest BCUT2D eigenvalue weighted by Gasteiger charge is 2.31. The second-order valence-corrected chi connectivity index (χ2v) is 4.93. The third kappa shape index (κ3) is 2.54. The molecule has 0 radical (unpaired) electrons. The Kier molecular flexibility index (Phi) is 3.99. The van der Waals surface area contributed by atoms with Crippen molar-refractivity contribution < 1.29 is 9.53 Å². The highest BCUT2D eigenvalue weighted by Crippen LogP contribution is 2.35. The summed E-state index contributed by atoms with van der Waals surface area (Å²) in [4.78, 5) is 11.9. The van der Waals surface area contributed by atoms with Gasteiger partial charge in [0.1, 0.15) is 6.04 Å². The minimum Gasteiger partial charge on any atom is -0.383 e. The number of nitrogens with one attached hydrogen (secondary N) is 1. The van der Waals surface area contributed by atoms with Gasteiger partial charge in [-0.25, -0.2) is 0 Å². The average Bonchev–Trinajstić information content (AvgIpc) is 2.66. The molecule has 0 aromatic heterocycles. The Morgan fingerprint density at radius 1 is 1.56 bits per heavy atom. The summed E-state index contributed by atoms with van der Waals surface area (Å²) < 4.78 is 4.90. The number of hydrogen-bond donors (Lipinski definition) is 2. The van der Waals surface area contributed by atoms with Crippen molar-refractivity contribution in [1.82, 2.24) is 5.32 Å². The highest BCUT2D eigenvalue weighted by atomic mass is 16.5. The Morgan fingerprint density at radius 2 is 2.28 bits per heavy atom. The van der Waals surface area contributed by atoms with Gasteiger partial charge in [-0.1, -0.05) is 31.2 Å². The largest absolute Gasteiger partial charge is 0.383 e. The van der Waals surface area contributed by atoms with Gasteiger partial charge in [0, 0.05) is 7.11 Å². The number of hydrogen-bond acceptors (Lipinski definition) is 3. The number of carbonyl (C=O) groups excluding carboxylic acids is 1. The summed E-state index contributed by atoms with van der Waals surface area (Å²) in [5, 5.41) is 3.03. The predicted octanol–water partition coefficient (Wildman–Crippen LogP) is 1.01. The molecule has 1 aliphatic rings. The van der Waals surface area contributed by atoms with E-state index in [1.165, 1.54) is 11.1 Å². The van der Waals surface area contributed by atoms with Crippen LogP contribution in [-0.2, 0) is 16.0 Å². The molecule has 1 aromatic carbocycles. The van der Waals surface area contributed by atoms with Crippen molar-refractivity contribution in [3.63, 3.8) is 0 Å². The lowest BCUT2D eigenvalue weighted by molar-refractivity contribution is -0.124. The van der Waals surface area contributed by atoms with E-state index in [0.29, 0.717) is 5.92 Å². The predicted molar refractivity (Wildman–Crippen MR) is 70.0 cm³/mol. The first-order chi connectivity index (χ1) is 8.63. The van der Waals surface area contributed by atoms with E-state index >= 15 is 0 Å². The molecule has 98 valence electrons. The van der Waals surface area contributed by atoms with Gasteiger partial charge < -0.3 is 15.8 Å². The summed E-state index contributed by atoms with van der Waals surface area (Å²) in [5.41, 5.74) is 8.26. The molecule has 0 bridgehead atoms. The molecule has 0 saturated heterocycles. The van der Waals surface area contributed by atoms with E-state index in [4.69, 9.17) is 10.5 Å². The zero-order chi connectivity index (χ0) is 13.1. The SMILES string of the molecule is COCC(N)C(=O)NC1c2ccccc2CC1C. The number of nitrogens with two attached hydrogens (primary N) is 1. The number of benzene rings is 1. The van der Waals surface area contributed by atoms with Crippen LogP contribution < -0.4 is 11.1 Å². The van der Waals surface area contributed by atoms with Crippen LogP contribution in [0.5, 0.6) is 0 Å². The fourth-order valence-electron chi connectivity index (χ4n) is 2.53. The maximum absolute atomic E-state index is 11.9. The Balaban J connectivity index is 2.08. The maximum atomic E-state index is 11.9. The molecular formula is C14H20N2O2. The first-order valence-electron chi connectivity index (χ1n) is 6.26. The lowest BCUT2D eigenvalue weighted by atomic mass is 10.0. The molecule has 18 heavy (non-hydrogen) atoms. The van der Waals surface area contributed by atoms with Gasteiger partial charge in [-0.2, -0.15) is 0 Å². The Hall–Kier alpha value is -1.39. The highest BCUT2D eigenvalue weighted by molar-refractivity contribution is 5.82. The first kappa shape index (κ1) is 13.1. The van der Waals surface area contributed by atoms with Crippen molar-refractivity contribution >= 4 is 5.91 Å². The summed E-state index contributed by atoms with van der Waals surface area (Å²) in [6.45, 7) is 2.39. The van der Waals surface area contributed by atoms with E-state index in [1.54, 1.807) is 7.11 Å². The molecule has 0 saturated carbocycles. The summed E-state index contributed by atoms with van der Waals surface area (Å²) in [7, 11) is 1.54. The van der Waals surface area contributed by atoms with E-state index in [2.05, 4.69) is 24.4 Å². The molecule has 3 N–H and O–H groups in total. The third-order valence-electron chi connectivity index (χ3n) is 3.48. The Morgan fingerprint density at radius 3 is 3.00 bits per heavy atom. The van der Waals surface area contributed by atoms with Crippen LogP contribution in [-0.4, -0.2) is 25.7 Å². The molecule has 0 heterocycles. The van der Waals surface area contributed by atoms with Crippen LogP contribution in [0.15, 0.2) is 24.3 Å². The van der Waals surface area contributed by atoms with Gasteiger partial charge in [0.25, 0.3) is 0 Å². The molecule has 1 aromatic rings. The monoisotopic (exact) mass is 248 g/mol. The first-order valence-corrected chi connectivity index (χ1v) is 6.26. The normalized spacial score (nSPS) is 23.5. The van der Waals surface area contributed by atoms with E-state index in [9.17, 15) is 4.79 Å². The smallest absolute Gasteiger partial charge is 0.239 e. The minimum absolute atomic E-state index is 0.0663. The lowest BCUT2D eigenvalue weighted by Crippen LogP contribution is -2.45. The van der Waals surface area contributed by atoms with Crippen molar-refractivity contribution in [2.24, 2.45) is 11.7 Å². The number of fused-ring (bicyclic) bond motifs is 1. The number of ether oxygens (including phenoxy) is 1. The van der Waals surface area contributed by atoms with Gasteiger partial charge in [-0.15, -0.1) is 0 Å². The van der Waals surface area contributed by atoms with Gasteiger partial charge in [0.05, 0.1) is 12.6 Å². The molecule has 1 amide bonds. The number of rotatable bonds is 4. The molecule has 4 nitrogen and oxygen atoms in total. The van der Waals surface area contributed by atoms with Gasteiger partial charge in [-0.3, -0.25) is 4.79 Å². The summed E-state index contributed by atoms with van der Waals surface area (Å²) >= 11 is 0. The molecule has 4 heteroatoms. The van der Waals surface area contributed by atoms with Gasteiger partial charge >= 0.3 is 0 Å². The lowest BCUT2D eigenvalue weighted by Gasteiger charge is -2.21. The van der Waals surface area contributed by atoms with Crippen LogP contribution in [0.1, 0.15) is 24.1 Å². The van der Waals surface area contributed by atoms with Crippen LogP contribution in [0.3, 0.4) is 0 Å². The van der Waals surface area contributed by atoms with Crippen molar-refractivity contribution in [3.05, 3.63) is 35.4 Å². The molecule has 0 spiro atoms. The summed E-state index contributed by atoms with van der Waals surface area (Å²) in [5.74, 6) is 0.256. The van der Waals surface area contributed by atoms with Crippen LogP contribution in [0, 0.1) is 5.92 Å². The van der Waals surface area contributed by atoms with Crippen molar-refractivity contribution in [3.8, 4) is 0 Å². The van der Waals surface area contributed by atoms with E-state index in [-0.39, 0.29) is 18.6 Å². The fraction of sp³-hybridized carbons (Fsp3) is 0.500. The standard InChI is InChI=1S/C14H20N2O2/c1-9-7-10-5-3-4-6-11(10)13(9)16-14(17)12(15)8-18-2/h3-6,9,12-13H,7-8,15H2,1-2H3,(H,16,17). The van der Waals surface area contributed by atoms with Crippen LogP contribution in [0.2, 0.25) is 0 Å². The zero-order valence-electron chi connectivity index (χ0n) is 10.8. The van der Waals surface area contributed by atoms with Crippen molar-refractivity contribution in [2.45, 2.75) is 25.4 Å². The van der Waals surface area contributed by atoms with Crippen LogP contribution in [0.4, 0.5) is 0 Å². The molecule has 0 aliphatic heterocycles. The molecule has 1 aliphatic carbocycles. The topological polar surface area (TPSA) is 64.3 Å². The van der Waals surface area contributed by atoms with Crippen LogP contribution in [0.25, 0.3) is 0 Å². The third-order valence-corrected chi connectivity index (χ3v) is 3.48. The number of amides is 1. The van der Waals surface area contributed by atoms with Gasteiger partial charge in [-0.05, 0) is 23.5 Å². The van der Waals surface area contributed by atoms with Gasteiger partial charge in [0.15, 0.2) is 0 Å².